The number of halogens is 2. The predicted molar refractivity (Wildman–Crippen MR) is 129 cm³/mol. The Labute approximate surface area is 210 Å². The van der Waals surface area contributed by atoms with Crippen LogP contribution in [0.15, 0.2) is 71.8 Å². The van der Waals surface area contributed by atoms with Crippen molar-refractivity contribution in [1.82, 2.24) is 20.4 Å². The van der Waals surface area contributed by atoms with Gasteiger partial charge in [0.05, 0.1) is 5.69 Å². The van der Waals surface area contributed by atoms with Gasteiger partial charge in [-0.2, -0.15) is 0 Å². The van der Waals surface area contributed by atoms with Gasteiger partial charge in [0.25, 0.3) is 0 Å². The highest BCUT2D eigenvalue weighted by Gasteiger charge is 2.13. The van der Waals surface area contributed by atoms with Crippen LogP contribution in [0.3, 0.4) is 0 Å². The van der Waals surface area contributed by atoms with Crippen LogP contribution in [0.1, 0.15) is 22.6 Å². The summed E-state index contributed by atoms with van der Waals surface area (Å²) < 4.78 is 39.7. The number of pyridine rings is 2. The first-order valence-electron chi connectivity index (χ1n) is 10.2. The number of hydrogen-bond acceptors (Lipinski definition) is 9. The summed E-state index contributed by atoms with van der Waals surface area (Å²) in [5.74, 6) is 0.0506. The van der Waals surface area contributed by atoms with E-state index in [0.29, 0.717) is 29.3 Å². The minimum Gasteiger partial charge on any atom is -0.473 e. The molecule has 0 bridgehead atoms. The zero-order valence-corrected chi connectivity index (χ0v) is 20.3. The molecule has 0 atom stereocenters. The number of phosphoric acid groups is 1. The van der Waals surface area contributed by atoms with Crippen molar-refractivity contribution in [3.05, 3.63) is 101 Å². The quantitative estimate of drug-likeness (QED) is 0.0878. The molecule has 3 heterocycles. The molecule has 0 amide bonds. The molecule has 0 radical (unpaired) electrons. The lowest BCUT2D eigenvalue weighted by atomic mass is 10.1. The Hall–Kier alpha value is -3.54. The van der Waals surface area contributed by atoms with E-state index in [4.69, 9.17) is 36.4 Å². The molecule has 11 nitrogen and oxygen atoms in total. The Kier molecular flexibility index (Phi) is 9.34. The van der Waals surface area contributed by atoms with Crippen LogP contribution in [0, 0.1) is 5.82 Å². The van der Waals surface area contributed by atoms with Crippen molar-refractivity contribution < 1.29 is 32.5 Å². The topological polar surface area (TPSA) is 166 Å². The molecule has 0 spiro atoms. The summed E-state index contributed by atoms with van der Waals surface area (Å²) in [6, 6.07) is 6.61. The van der Waals surface area contributed by atoms with E-state index >= 15 is 0 Å². The van der Waals surface area contributed by atoms with Gasteiger partial charge in [-0.25, -0.2) is 18.9 Å². The van der Waals surface area contributed by atoms with E-state index in [2.05, 4.69) is 31.5 Å². The maximum absolute atomic E-state index is 13.9. The van der Waals surface area contributed by atoms with Crippen molar-refractivity contribution in [3.63, 3.8) is 0 Å². The number of nitrogens with one attached hydrogen (secondary N) is 1. The molecule has 14 heteroatoms. The molecular weight excluding hydrogens is 516 g/mol. The van der Waals surface area contributed by atoms with Crippen LogP contribution >= 0.6 is 19.4 Å². The summed E-state index contributed by atoms with van der Waals surface area (Å²) >= 11 is 5.67. The number of allylic oxidation sites excluding steroid dienone is 3. The Morgan fingerprint density at radius 3 is 2.83 bits per heavy atom. The molecular formula is C22H22ClFN5O6P. The summed E-state index contributed by atoms with van der Waals surface area (Å²) in [5, 5.41) is 6.37. The summed E-state index contributed by atoms with van der Waals surface area (Å²) in [7, 11) is -4.55. The van der Waals surface area contributed by atoms with Crippen LogP contribution in [-0.4, -0.2) is 31.6 Å². The van der Waals surface area contributed by atoms with Crippen LogP contribution < -0.4 is 15.8 Å². The largest absolute Gasteiger partial charge is 0.473 e. The van der Waals surface area contributed by atoms with E-state index in [9.17, 15) is 8.96 Å². The number of nitrogens with two attached hydrogens (primary N) is 1. The van der Waals surface area contributed by atoms with Gasteiger partial charge in [0.1, 0.15) is 13.3 Å². The normalized spacial score (nSPS) is 12.2. The average molecular weight is 538 g/mol. The molecule has 0 aliphatic carbocycles. The van der Waals surface area contributed by atoms with Gasteiger partial charge in [0.15, 0.2) is 16.7 Å². The monoisotopic (exact) mass is 537 g/mol. The standard InChI is InChI=1S/C22H22ClFN5O6P/c1-14(25)18(3-2-7-26-13-34-36(30,31)32)19-10-17(29-35-19)9-15-4-5-20(28-11-15)33-12-16-6-8-27-22(23)21(16)24/h2-8,10-11,26H,1,9,12-13,25H2,(H2,30,31,32)/b7-2-,18-3+. The minimum absolute atomic E-state index is 0.0498. The lowest BCUT2D eigenvalue weighted by molar-refractivity contribution is 0.191. The first kappa shape index (κ1) is 27.1. The highest BCUT2D eigenvalue weighted by Crippen LogP contribution is 2.34. The Bertz CT molecular complexity index is 1310. The summed E-state index contributed by atoms with van der Waals surface area (Å²) in [6.07, 6.45) is 7.93. The van der Waals surface area contributed by atoms with Crippen LogP contribution in [0.25, 0.3) is 5.57 Å². The number of ether oxygens (including phenoxy) is 1. The third kappa shape index (κ3) is 8.29. The average Bonchev–Trinajstić information content (AvgIpc) is 3.27. The molecule has 0 saturated carbocycles. The van der Waals surface area contributed by atoms with Gasteiger partial charge >= 0.3 is 7.82 Å². The third-order valence-corrected chi connectivity index (χ3v) is 5.18. The lowest BCUT2D eigenvalue weighted by Crippen LogP contribution is -2.09. The molecule has 5 N–H and O–H groups in total. The summed E-state index contributed by atoms with van der Waals surface area (Å²) in [6.45, 7) is 3.28. The molecule has 0 aromatic carbocycles. The number of hydrogen-bond donors (Lipinski definition) is 4. The molecule has 0 fully saturated rings. The SMILES string of the molecule is C=C(N)/C(=C\C=C/NCOP(=O)(O)O)c1cc(Cc2ccc(OCc3ccnc(Cl)c3F)nc2)no1. The Morgan fingerprint density at radius 2 is 2.14 bits per heavy atom. The molecule has 0 saturated heterocycles. The van der Waals surface area contributed by atoms with Gasteiger partial charge in [-0.05, 0) is 30.0 Å². The highest BCUT2D eigenvalue weighted by atomic mass is 35.5. The Balaban J connectivity index is 1.57. The zero-order chi connectivity index (χ0) is 26.1. The van der Waals surface area contributed by atoms with Gasteiger partial charge in [-0.15, -0.1) is 0 Å². The highest BCUT2D eigenvalue weighted by molar-refractivity contribution is 7.46. The molecule has 3 aromatic rings. The minimum atomic E-state index is -4.55. The van der Waals surface area contributed by atoms with Gasteiger partial charge in [-0.3, -0.25) is 4.52 Å². The fourth-order valence-corrected chi connectivity index (χ4v) is 3.20. The van der Waals surface area contributed by atoms with Crippen LogP contribution in [0.4, 0.5) is 4.39 Å². The molecule has 3 aromatic heterocycles. The van der Waals surface area contributed by atoms with Crippen LogP contribution in [0.2, 0.25) is 5.15 Å². The molecule has 0 aliphatic heterocycles. The molecule has 0 unspecified atom stereocenters. The number of aromatic nitrogens is 3. The zero-order valence-electron chi connectivity index (χ0n) is 18.7. The maximum Gasteiger partial charge on any atom is 0.471 e. The van der Waals surface area contributed by atoms with E-state index in [1.807, 2.05) is 0 Å². The summed E-state index contributed by atoms with van der Waals surface area (Å²) in [4.78, 5) is 25.1. The van der Waals surface area contributed by atoms with Gasteiger partial charge in [-0.1, -0.05) is 29.4 Å². The summed E-state index contributed by atoms with van der Waals surface area (Å²) in [5.41, 5.74) is 8.23. The maximum atomic E-state index is 13.9. The first-order valence-corrected chi connectivity index (χ1v) is 12.1. The number of rotatable bonds is 12. The second-order valence-corrected chi connectivity index (χ2v) is 8.76. The molecule has 36 heavy (non-hydrogen) atoms. The van der Waals surface area contributed by atoms with Crippen molar-refractivity contribution in [2.24, 2.45) is 5.73 Å². The van der Waals surface area contributed by atoms with E-state index in [1.165, 1.54) is 24.5 Å². The second kappa shape index (κ2) is 12.4. The fourth-order valence-electron chi connectivity index (χ4n) is 2.78. The number of phosphoric ester groups is 1. The second-order valence-electron chi connectivity index (χ2n) is 7.16. The van der Waals surface area contributed by atoms with Crippen molar-refractivity contribution >= 4 is 25.0 Å². The molecule has 190 valence electrons. The van der Waals surface area contributed by atoms with Crippen LogP contribution in [-0.2, 0) is 22.1 Å². The molecule has 3 rings (SSSR count). The van der Waals surface area contributed by atoms with E-state index < -0.39 is 13.6 Å². The Morgan fingerprint density at radius 1 is 1.33 bits per heavy atom. The van der Waals surface area contributed by atoms with Gasteiger partial charge in [0.2, 0.25) is 5.88 Å². The van der Waals surface area contributed by atoms with Gasteiger partial charge < -0.3 is 30.1 Å². The smallest absolute Gasteiger partial charge is 0.471 e. The van der Waals surface area contributed by atoms with Crippen molar-refractivity contribution in [1.29, 1.82) is 0 Å². The third-order valence-electron chi connectivity index (χ3n) is 4.45. The first-order chi connectivity index (χ1) is 17.1. The molecule has 0 aliphatic rings. The predicted octanol–water partition coefficient (Wildman–Crippen LogP) is 3.45. The van der Waals surface area contributed by atoms with Gasteiger partial charge in [0, 0.05) is 47.8 Å². The van der Waals surface area contributed by atoms with Crippen LogP contribution in [0.5, 0.6) is 5.88 Å². The number of nitrogens with zero attached hydrogens (tertiary/aromatic N) is 3. The van der Waals surface area contributed by atoms with E-state index in [1.54, 1.807) is 30.5 Å². The van der Waals surface area contributed by atoms with Crippen molar-refractivity contribution in [2.45, 2.75) is 13.0 Å². The van der Waals surface area contributed by atoms with Crippen molar-refractivity contribution in [3.8, 4) is 5.88 Å². The van der Waals surface area contributed by atoms with E-state index in [0.717, 1.165) is 5.56 Å². The lowest BCUT2D eigenvalue weighted by Gasteiger charge is -2.07. The van der Waals surface area contributed by atoms with E-state index in [-0.39, 0.29) is 29.8 Å². The van der Waals surface area contributed by atoms with Crippen molar-refractivity contribution in [2.75, 3.05) is 6.73 Å². The fraction of sp³-hybridized carbons (Fsp3) is 0.136.